The number of nitrogens with zero attached hydrogens (tertiary/aromatic N) is 1. The number of rotatable bonds is 4. The first-order valence-electron chi connectivity index (χ1n) is 5.87. The van der Waals surface area contributed by atoms with E-state index in [4.69, 9.17) is 5.11 Å². The van der Waals surface area contributed by atoms with Gasteiger partial charge in [0.2, 0.25) is 0 Å². The van der Waals surface area contributed by atoms with Crippen LogP contribution in [0.15, 0.2) is 35.5 Å². The molecule has 1 aromatic carbocycles. The van der Waals surface area contributed by atoms with Crippen molar-refractivity contribution in [2.24, 2.45) is 0 Å². The van der Waals surface area contributed by atoms with Gasteiger partial charge < -0.3 is 5.11 Å². The minimum atomic E-state index is -4.10. The molecule has 0 spiro atoms. The van der Waals surface area contributed by atoms with Crippen LogP contribution in [-0.4, -0.2) is 18.5 Å². The number of benzene rings is 1. The highest BCUT2D eigenvalue weighted by Crippen LogP contribution is 2.22. The van der Waals surface area contributed by atoms with Gasteiger partial charge in [-0.1, -0.05) is 0 Å². The maximum absolute atomic E-state index is 13.6. The highest BCUT2D eigenvalue weighted by Gasteiger charge is 2.19. The van der Waals surface area contributed by atoms with Crippen LogP contribution in [0.1, 0.15) is 11.1 Å². The molecule has 8 heteroatoms. The summed E-state index contributed by atoms with van der Waals surface area (Å²) in [5, 5.41) is 9.04. The SMILES string of the molecule is Cc1cc(S(=O)(=O)Nc2ccncc2F)cc(CO)c1F. The molecule has 0 unspecified atom stereocenters. The summed E-state index contributed by atoms with van der Waals surface area (Å²) < 4.78 is 53.5. The van der Waals surface area contributed by atoms with Crippen molar-refractivity contribution in [1.82, 2.24) is 4.98 Å². The predicted molar refractivity (Wildman–Crippen MR) is 72.1 cm³/mol. The lowest BCUT2D eigenvalue weighted by atomic mass is 10.1. The van der Waals surface area contributed by atoms with Crippen molar-refractivity contribution in [3.05, 3.63) is 53.4 Å². The molecule has 0 saturated heterocycles. The third-order valence-corrected chi connectivity index (χ3v) is 4.15. The van der Waals surface area contributed by atoms with Gasteiger partial charge in [0, 0.05) is 11.8 Å². The Morgan fingerprint density at radius 1 is 1.33 bits per heavy atom. The molecule has 2 aromatic rings. The molecule has 112 valence electrons. The number of hydrogen-bond donors (Lipinski definition) is 2. The number of aliphatic hydroxyl groups excluding tert-OH is 1. The second-order valence-corrected chi connectivity index (χ2v) is 6.01. The van der Waals surface area contributed by atoms with E-state index in [0.29, 0.717) is 0 Å². The van der Waals surface area contributed by atoms with Gasteiger partial charge in [0.25, 0.3) is 10.0 Å². The summed E-state index contributed by atoms with van der Waals surface area (Å²) in [5.74, 6) is -1.51. The molecule has 0 aliphatic carbocycles. The van der Waals surface area contributed by atoms with E-state index in [-0.39, 0.29) is 21.7 Å². The summed E-state index contributed by atoms with van der Waals surface area (Å²) >= 11 is 0. The van der Waals surface area contributed by atoms with E-state index in [1.165, 1.54) is 13.1 Å². The standard InChI is InChI=1S/C13H12F2N2O3S/c1-8-4-10(5-9(7-18)13(8)15)21(19,20)17-12-2-3-16-6-11(12)14/h2-6,18H,7H2,1H3,(H,16,17). The minimum absolute atomic E-state index is 0.0668. The first-order valence-corrected chi connectivity index (χ1v) is 7.35. The van der Waals surface area contributed by atoms with Gasteiger partial charge in [-0.05, 0) is 30.7 Å². The highest BCUT2D eigenvalue weighted by molar-refractivity contribution is 7.92. The number of sulfonamides is 1. The van der Waals surface area contributed by atoms with E-state index in [1.54, 1.807) is 0 Å². The molecule has 21 heavy (non-hydrogen) atoms. The third kappa shape index (κ3) is 3.17. The minimum Gasteiger partial charge on any atom is -0.392 e. The molecule has 1 aromatic heterocycles. The van der Waals surface area contributed by atoms with E-state index in [2.05, 4.69) is 9.71 Å². The molecule has 0 atom stereocenters. The van der Waals surface area contributed by atoms with Gasteiger partial charge in [0.1, 0.15) is 5.82 Å². The van der Waals surface area contributed by atoms with Gasteiger partial charge in [0.05, 0.1) is 23.4 Å². The van der Waals surface area contributed by atoms with Crippen molar-refractivity contribution in [3.8, 4) is 0 Å². The monoisotopic (exact) mass is 314 g/mol. The van der Waals surface area contributed by atoms with Crippen LogP contribution in [0.4, 0.5) is 14.5 Å². The van der Waals surface area contributed by atoms with Crippen LogP contribution in [-0.2, 0) is 16.6 Å². The molecule has 0 aliphatic rings. The smallest absolute Gasteiger partial charge is 0.262 e. The van der Waals surface area contributed by atoms with Gasteiger partial charge in [0.15, 0.2) is 5.82 Å². The van der Waals surface area contributed by atoms with E-state index < -0.39 is 28.3 Å². The predicted octanol–water partition coefficient (Wildman–Crippen LogP) is 1.96. The zero-order chi connectivity index (χ0) is 15.6. The largest absolute Gasteiger partial charge is 0.392 e. The van der Waals surface area contributed by atoms with Crippen molar-refractivity contribution in [1.29, 1.82) is 0 Å². The maximum Gasteiger partial charge on any atom is 0.262 e. The Bertz CT molecular complexity index is 779. The molecule has 5 nitrogen and oxygen atoms in total. The van der Waals surface area contributed by atoms with Crippen LogP contribution in [0.25, 0.3) is 0 Å². The molecule has 0 fully saturated rings. The zero-order valence-electron chi connectivity index (χ0n) is 11.0. The number of pyridine rings is 1. The molecular formula is C13H12F2N2O3S. The van der Waals surface area contributed by atoms with E-state index in [0.717, 1.165) is 24.4 Å². The van der Waals surface area contributed by atoms with Gasteiger partial charge in [-0.2, -0.15) is 0 Å². The second-order valence-electron chi connectivity index (χ2n) is 4.33. The Balaban J connectivity index is 2.45. The number of aromatic nitrogens is 1. The van der Waals surface area contributed by atoms with Gasteiger partial charge in [-0.25, -0.2) is 17.2 Å². The summed E-state index contributed by atoms with van der Waals surface area (Å²) in [4.78, 5) is 3.25. The quantitative estimate of drug-likeness (QED) is 0.904. The maximum atomic E-state index is 13.6. The van der Waals surface area contributed by atoms with Gasteiger partial charge in [-0.3, -0.25) is 9.71 Å². The summed E-state index contributed by atoms with van der Waals surface area (Å²) in [5.41, 5.74) is -0.347. The van der Waals surface area contributed by atoms with E-state index >= 15 is 0 Å². The van der Waals surface area contributed by atoms with Crippen LogP contribution in [0.3, 0.4) is 0 Å². The highest BCUT2D eigenvalue weighted by atomic mass is 32.2. The molecular weight excluding hydrogens is 302 g/mol. The molecule has 0 saturated carbocycles. The second kappa shape index (κ2) is 5.74. The Morgan fingerprint density at radius 3 is 2.67 bits per heavy atom. The van der Waals surface area contributed by atoms with Crippen LogP contribution < -0.4 is 4.72 Å². The van der Waals surface area contributed by atoms with E-state index in [1.807, 2.05) is 0 Å². The first-order chi connectivity index (χ1) is 9.85. The number of halogens is 2. The summed E-state index contributed by atoms with van der Waals surface area (Å²) in [6.45, 7) is 0.736. The van der Waals surface area contributed by atoms with Crippen molar-refractivity contribution in [3.63, 3.8) is 0 Å². The topological polar surface area (TPSA) is 79.3 Å². The van der Waals surface area contributed by atoms with Gasteiger partial charge in [-0.15, -0.1) is 0 Å². The number of aryl methyl sites for hydroxylation is 1. The fourth-order valence-electron chi connectivity index (χ4n) is 1.74. The summed E-state index contributed by atoms with van der Waals surface area (Å²) in [7, 11) is -4.10. The van der Waals surface area contributed by atoms with Crippen LogP contribution >= 0.6 is 0 Å². The lowest BCUT2D eigenvalue weighted by molar-refractivity contribution is 0.275. The first kappa shape index (κ1) is 15.3. The third-order valence-electron chi connectivity index (χ3n) is 2.80. The van der Waals surface area contributed by atoms with Crippen molar-refractivity contribution in [2.75, 3.05) is 4.72 Å². The average Bonchev–Trinajstić information content (AvgIpc) is 2.44. The van der Waals surface area contributed by atoms with E-state index in [9.17, 15) is 17.2 Å². The Labute approximate surface area is 120 Å². The molecule has 0 amide bonds. The zero-order valence-corrected chi connectivity index (χ0v) is 11.8. The number of anilines is 1. The van der Waals surface area contributed by atoms with Crippen molar-refractivity contribution >= 4 is 15.7 Å². The lowest BCUT2D eigenvalue weighted by Crippen LogP contribution is -2.15. The Kier molecular flexibility index (Phi) is 4.19. The molecule has 2 rings (SSSR count). The number of aliphatic hydroxyl groups is 1. The molecule has 2 N–H and O–H groups in total. The normalized spacial score (nSPS) is 11.4. The molecule has 0 radical (unpaired) electrons. The molecule has 1 heterocycles. The number of nitrogens with one attached hydrogen (secondary N) is 1. The van der Waals surface area contributed by atoms with Gasteiger partial charge >= 0.3 is 0 Å². The van der Waals surface area contributed by atoms with Crippen molar-refractivity contribution in [2.45, 2.75) is 18.4 Å². The molecule has 0 bridgehead atoms. The van der Waals surface area contributed by atoms with Crippen molar-refractivity contribution < 1.29 is 22.3 Å². The Hall–Kier alpha value is -2.06. The van der Waals surface area contributed by atoms with Crippen LogP contribution in [0.2, 0.25) is 0 Å². The Morgan fingerprint density at radius 2 is 2.05 bits per heavy atom. The van der Waals surface area contributed by atoms with Crippen LogP contribution in [0, 0.1) is 18.6 Å². The lowest BCUT2D eigenvalue weighted by Gasteiger charge is -2.11. The fraction of sp³-hybridized carbons (Fsp3) is 0.154. The number of hydrogen-bond acceptors (Lipinski definition) is 4. The summed E-state index contributed by atoms with van der Waals surface area (Å²) in [6.07, 6.45) is 2.10. The average molecular weight is 314 g/mol. The molecule has 0 aliphatic heterocycles. The summed E-state index contributed by atoms with van der Waals surface area (Å²) in [6, 6.07) is 3.27. The fourth-order valence-corrected chi connectivity index (χ4v) is 2.94. The van der Waals surface area contributed by atoms with Crippen LogP contribution in [0.5, 0.6) is 0 Å².